The lowest BCUT2D eigenvalue weighted by molar-refractivity contribution is 0.439. The molecule has 0 spiro atoms. The van der Waals surface area contributed by atoms with Crippen molar-refractivity contribution in [2.24, 2.45) is 0 Å². The molecule has 0 saturated heterocycles. The van der Waals surface area contributed by atoms with Gasteiger partial charge in [-0.25, -0.2) is 0 Å². The summed E-state index contributed by atoms with van der Waals surface area (Å²) in [6, 6.07) is 10.7. The van der Waals surface area contributed by atoms with E-state index < -0.39 is 0 Å². The first-order valence-electron chi connectivity index (χ1n) is 6.62. The zero-order valence-corrected chi connectivity index (χ0v) is 10.8. The van der Waals surface area contributed by atoms with Crippen LogP contribution < -0.4 is 5.32 Å². The van der Waals surface area contributed by atoms with E-state index >= 15 is 0 Å². The summed E-state index contributed by atoms with van der Waals surface area (Å²) in [6.07, 6.45) is 6.39. The lowest BCUT2D eigenvalue weighted by Gasteiger charge is -2.17. The zero-order chi connectivity index (χ0) is 12.1. The van der Waals surface area contributed by atoms with E-state index in [2.05, 4.69) is 60.3 Å². The molecule has 2 heteroatoms. The van der Waals surface area contributed by atoms with Crippen LogP contribution in [0.2, 0.25) is 0 Å². The predicted octanol–water partition coefficient (Wildman–Crippen LogP) is 3.94. The summed E-state index contributed by atoms with van der Waals surface area (Å²) >= 11 is 0. The molecule has 2 nitrogen and oxygen atoms in total. The normalized spacial score (nSPS) is 13.1. The lowest BCUT2D eigenvalue weighted by atomic mass is 10.2. The Morgan fingerprint density at radius 2 is 2.00 bits per heavy atom. The van der Waals surface area contributed by atoms with Crippen LogP contribution in [0.4, 0.5) is 0 Å². The number of aromatic nitrogens is 1. The molecule has 0 radical (unpaired) electrons. The fraction of sp³-hybridized carbons (Fsp3) is 0.467. The number of hydrogen-bond acceptors (Lipinski definition) is 1. The van der Waals surface area contributed by atoms with Gasteiger partial charge < -0.3 is 4.57 Å². The lowest BCUT2D eigenvalue weighted by Crippen LogP contribution is -2.24. The molecule has 0 amide bonds. The molecule has 1 unspecified atom stereocenters. The maximum Gasteiger partial charge on any atom is 0.0810 e. The van der Waals surface area contributed by atoms with E-state index in [1.54, 1.807) is 0 Å². The molecule has 92 valence electrons. The van der Waals surface area contributed by atoms with E-state index in [1.165, 1.54) is 30.2 Å². The van der Waals surface area contributed by atoms with E-state index in [4.69, 9.17) is 0 Å². The standard InChI is InChI=1S/C15H22N2/c1-3-4-7-11-16-13(2)17-12-10-14-8-5-6-9-15(14)17/h5-6,8-10,12-13,16H,3-4,7,11H2,1-2H3. The van der Waals surface area contributed by atoms with Crippen molar-refractivity contribution in [3.05, 3.63) is 36.5 Å². The Kier molecular flexibility index (Phi) is 4.21. The highest BCUT2D eigenvalue weighted by atomic mass is 15.2. The molecule has 1 aromatic carbocycles. The summed E-state index contributed by atoms with van der Waals surface area (Å²) in [7, 11) is 0. The number of hydrogen-bond donors (Lipinski definition) is 1. The van der Waals surface area contributed by atoms with Gasteiger partial charge in [-0.2, -0.15) is 0 Å². The van der Waals surface area contributed by atoms with Crippen LogP contribution in [0.15, 0.2) is 36.5 Å². The van der Waals surface area contributed by atoms with Gasteiger partial charge in [0, 0.05) is 11.7 Å². The second kappa shape index (κ2) is 5.87. The monoisotopic (exact) mass is 230 g/mol. The molecule has 0 aliphatic heterocycles. The summed E-state index contributed by atoms with van der Waals surface area (Å²) in [4.78, 5) is 0. The van der Waals surface area contributed by atoms with Crippen LogP contribution in [0, 0.1) is 0 Å². The first kappa shape index (κ1) is 12.2. The van der Waals surface area contributed by atoms with Crippen molar-refractivity contribution >= 4 is 10.9 Å². The second-order valence-corrected chi connectivity index (χ2v) is 4.62. The van der Waals surface area contributed by atoms with Crippen molar-refractivity contribution in [2.75, 3.05) is 6.54 Å². The van der Waals surface area contributed by atoms with Gasteiger partial charge in [-0.05, 0) is 37.4 Å². The SMILES string of the molecule is CCCCCNC(C)n1ccc2ccccc21. The third-order valence-corrected chi connectivity index (χ3v) is 3.27. The van der Waals surface area contributed by atoms with Crippen molar-refractivity contribution < 1.29 is 0 Å². The molecule has 0 aliphatic rings. The third kappa shape index (κ3) is 2.89. The van der Waals surface area contributed by atoms with Crippen LogP contribution >= 0.6 is 0 Å². The Hall–Kier alpha value is -1.28. The molecule has 2 aromatic rings. The molecule has 0 saturated carbocycles. The van der Waals surface area contributed by atoms with Gasteiger partial charge >= 0.3 is 0 Å². The smallest absolute Gasteiger partial charge is 0.0810 e. The van der Waals surface area contributed by atoms with Crippen LogP contribution in [0.1, 0.15) is 39.3 Å². The Bertz CT molecular complexity index is 459. The van der Waals surface area contributed by atoms with E-state index in [1.807, 2.05) is 0 Å². The second-order valence-electron chi connectivity index (χ2n) is 4.62. The fourth-order valence-corrected chi connectivity index (χ4v) is 2.23. The van der Waals surface area contributed by atoms with Crippen molar-refractivity contribution in [3.63, 3.8) is 0 Å². The van der Waals surface area contributed by atoms with Crippen molar-refractivity contribution in [3.8, 4) is 0 Å². The number of benzene rings is 1. The van der Waals surface area contributed by atoms with Crippen molar-refractivity contribution in [1.29, 1.82) is 0 Å². The quantitative estimate of drug-likeness (QED) is 0.744. The van der Waals surface area contributed by atoms with Gasteiger partial charge in [-0.1, -0.05) is 38.0 Å². The van der Waals surface area contributed by atoms with Gasteiger partial charge in [0.1, 0.15) is 0 Å². The maximum absolute atomic E-state index is 3.57. The van der Waals surface area contributed by atoms with E-state index in [0.29, 0.717) is 6.17 Å². The van der Waals surface area contributed by atoms with Crippen LogP contribution in [0.25, 0.3) is 10.9 Å². The highest BCUT2D eigenvalue weighted by Gasteiger charge is 2.06. The number of fused-ring (bicyclic) bond motifs is 1. The molecule has 0 bridgehead atoms. The molecule has 1 N–H and O–H groups in total. The van der Waals surface area contributed by atoms with Crippen LogP contribution in [-0.2, 0) is 0 Å². The molecule has 0 aliphatic carbocycles. The number of unbranched alkanes of at least 4 members (excludes halogenated alkanes) is 2. The fourth-order valence-electron chi connectivity index (χ4n) is 2.23. The molecule has 1 atom stereocenters. The van der Waals surface area contributed by atoms with E-state index in [0.717, 1.165) is 6.54 Å². The average Bonchev–Trinajstić information content (AvgIpc) is 2.78. The largest absolute Gasteiger partial charge is 0.332 e. The van der Waals surface area contributed by atoms with Crippen LogP contribution in [0.3, 0.4) is 0 Å². The maximum atomic E-state index is 3.57. The molecule has 1 heterocycles. The summed E-state index contributed by atoms with van der Waals surface area (Å²) in [6.45, 7) is 5.56. The molecular formula is C15H22N2. The Morgan fingerprint density at radius 1 is 1.18 bits per heavy atom. The average molecular weight is 230 g/mol. The van der Waals surface area contributed by atoms with Gasteiger partial charge in [0.15, 0.2) is 0 Å². The summed E-state index contributed by atoms with van der Waals surface area (Å²) in [5.74, 6) is 0. The number of nitrogens with zero attached hydrogens (tertiary/aromatic N) is 1. The third-order valence-electron chi connectivity index (χ3n) is 3.27. The van der Waals surface area contributed by atoms with Crippen LogP contribution in [0.5, 0.6) is 0 Å². The van der Waals surface area contributed by atoms with E-state index in [-0.39, 0.29) is 0 Å². The highest BCUT2D eigenvalue weighted by molar-refractivity contribution is 5.80. The van der Waals surface area contributed by atoms with Crippen molar-refractivity contribution in [1.82, 2.24) is 9.88 Å². The number of para-hydroxylation sites is 1. The Balaban J connectivity index is 2.01. The Labute approximate surface area is 104 Å². The summed E-state index contributed by atoms with van der Waals surface area (Å²) in [5, 5.41) is 4.89. The molecule has 17 heavy (non-hydrogen) atoms. The molecule has 1 aromatic heterocycles. The Morgan fingerprint density at radius 3 is 2.82 bits per heavy atom. The minimum absolute atomic E-state index is 0.367. The first-order valence-corrected chi connectivity index (χ1v) is 6.62. The van der Waals surface area contributed by atoms with Gasteiger partial charge in [0.25, 0.3) is 0 Å². The molecule has 0 fully saturated rings. The minimum atomic E-state index is 0.367. The predicted molar refractivity (Wildman–Crippen MR) is 74.2 cm³/mol. The number of nitrogens with one attached hydrogen (secondary N) is 1. The van der Waals surface area contributed by atoms with Gasteiger partial charge in [0.05, 0.1) is 6.17 Å². The van der Waals surface area contributed by atoms with Gasteiger partial charge in [0.2, 0.25) is 0 Å². The minimum Gasteiger partial charge on any atom is -0.332 e. The highest BCUT2D eigenvalue weighted by Crippen LogP contribution is 2.18. The zero-order valence-electron chi connectivity index (χ0n) is 10.8. The molecular weight excluding hydrogens is 208 g/mol. The molecule has 2 rings (SSSR count). The summed E-state index contributed by atoms with van der Waals surface area (Å²) < 4.78 is 2.31. The van der Waals surface area contributed by atoms with E-state index in [9.17, 15) is 0 Å². The number of rotatable bonds is 6. The first-order chi connectivity index (χ1) is 8.33. The van der Waals surface area contributed by atoms with Gasteiger partial charge in [-0.3, -0.25) is 5.32 Å². The van der Waals surface area contributed by atoms with Gasteiger partial charge in [-0.15, -0.1) is 0 Å². The van der Waals surface area contributed by atoms with Crippen molar-refractivity contribution in [2.45, 2.75) is 39.3 Å². The topological polar surface area (TPSA) is 17.0 Å². The van der Waals surface area contributed by atoms with Crippen LogP contribution in [-0.4, -0.2) is 11.1 Å². The summed E-state index contributed by atoms with van der Waals surface area (Å²) in [5.41, 5.74) is 1.31.